The Labute approximate surface area is 89.2 Å². The Bertz CT molecular complexity index is 380. The van der Waals surface area contributed by atoms with Gasteiger partial charge in [-0.05, 0) is 28.1 Å². The number of rotatable bonds is 1. The average molecular weight is 258 g/mol. The summed E-state index contributed by atoms with van der Waals surface area (Å²) in [7, 11) is 0. The van der Waals surface area contributed by atoms with Crippen molar-refractivity contribution in [2.24, 2.45) is 0 Å². The molecule has 0 N–H and O–H groups in total. The lowest BCUT2D eigenvalue weighted by molar-refractivity contribution is -0.531. The van der Waals surface area contributed by atoms with Crippen molar-refractivity contribution in [3.8, 4) is 5.75 Å². The van der Waals surface area contributed by atoms with Crippen LogP contribution in [0.5, 0.6) is 5.75 Å². The number of para-hydroxylation sites is 1. The molecule has 0 aliphatic carbocycles. The predicted octanol–water partition coefficient (Wildman–Crippen LogP) is 2.55. The molecule has 0 saturated carbocycles. The summed E-state index contributed by atoms with van der Waals surface area (Å²) in [4.78, 5) is 10.5. The number of ether oxygens (including phenoxy) is 1. The van der Waals surface area contributed by atoms with E-state index >= 15 is 0 Å². The van der Waals surface area contributed by atoms with Gasteiger partial charge in [-0.3, -0.25) is 10.1 Å². The summed E-state index contributed by atoms with van der Waals surface area (Å²) in [6, 6.07) is 4.72. The Morgan fingerprint density at radius 1 is 1.57 bits per heavy atom. The molecule has 0 spiro atoms. The van der Waals surface area contributed by atoms with Crippen LogP contribution in [0.1, 0.15) is 18.0 Å². The van der Waals surface area contributed by atoms with Gasteiger partial charge in [-0.1, -0.05) is 6.07 Å². The molecule has 0 amide bonds. The van der Waals surface area contributed by atoms with Crippen LogP contribution in [-0.2, 0) is 0 Å². The zero-order chi connectivity index (χ0) is 10.1. The van der Waals surface area contributed by atoms with Gasteiger partial charge in [-0.25, -0.2) is 0 Å². The maximum atomic E-state index is 10.8. The summed E-state index contributed by atoms with van der Waals surface area (Å²) in [5.41, 5.74) is 0.663. The molecule has 1 atom stereocenters. The fourth-order valence-electron chi connectivity index (χ4n) is 1.59. The molecule has 2 rings (SSSR count). The number of hydrogen-bond acceptors (Lipinski definition) is 3. The second-order valence-corrected chi connectivity index (χ2v) is 3.95. The van der Waals surface area contributed by atoms with Crippen molar-refractivity contribution in [3.05, 3.63) is 38.3 Å². The van der Waals surface area contributed by atoms with Gasteiger partial charge >= 0.3 is 0 Å². The third-order valence-electron chi connectivity index (χ3n) is 2.25. The average Bonchev–Trinajstić information content (AvgIpc) is 2.17. The van der Waals surface area contributed by atoms with Gasteiger partial charge in [-0.15, -0.1) is 0 Å². The molecule has 1 heterocycles. The Morgan fingerprint density at radius 3 is 3.07 bits per heavy atom. The van der Waals surface area contributed by atoms with Gasteiger partial charge in [-0.2, -0.15) is 0 Å². The standard InChI is InChI=1S/C9H8BrNO3/c10-7-3-1-2-6-8(11(12)13)4-5-14-9(6)7/h1-3,8H,4-5H2. The number of hydrogen-bond donors (Lipinski definition) is 0. The molecule has 4 nitrogen and oxygen atoms in total. The molecule has 5 heteroatoms. The topological polar surface area (TPSA) is 52.4 Å². The van der Waals surface area contributed by atoms with Crippen molar-refractivity contribution >= 4 is 15.9 Å². The second-order valence-electron chi connectivity index (χ2n) is 3.10. The number of benzene rings is 1. The molecule has 0 radical (unpaired) electrons. The number of nitro groups is 1. The summed E-state index contributed by atoms with van der Waals surface area (Å²) >= 11 is 3.31. The van der Waals surface area contributed by atoms with Crippen LogP contribution in [0, 0.1) is 10.1 Å². The van der Waals surface area contributed by atoms with Gasteiger partial charge in [0.2, 0.25) is 6.04 Å². The summed E-state index contributed by atoms with van der Waals surface area (Å²) in [6.45, 7) is 0.404. The van der Waals surface area contributed by atoms with Gasteiger partial charge in [0.15, 0.2) is 0 Å². The van der Waals surface area contributed by atoms with E-state index in [2.05, 4.69) is 15.9 Å². The van der Waals surface area contributed by atoms with E-state index in [0.717, 1.165) is 4.47 Å². The quantitative estimate of drug-likeness (QED) is 0.574. The first-order valence-corrected chi connectivity index (χ1v) is 5.04. The SMILES string of the molecule is O=[N+]([O-])C1CCOc2c(Br)cccc21. The van der Waals surface area contributed by atoms with Crippen molar-refractivity contribution in [3.63, 3.8) is 0 Å². The van der Waals surface area contributed by atoms with E-state index in [9.17, 15) is 10.1 Å². The minimum atomic E-state index is -0.628. The molecule has 74 valence electrons. The van der Waals surface area contributed by atoms with Crippen molar-refractivity contribution in [1.29, 1.82) is 0 Å². The highest BCUT2D eigenvalue weighted by Crippen LogP contribution is 2.38. The Kier molecular flexibility index (Phi) is 2.41. The first-order valence-electron chi connectivity index (χ1n) is 4.25. The van der Waals surface area contributed by atoms with Gasteiger partial charge in [0.05, 0.1) is 23.1 Å². The smallest absolute Gasteiger partial charge is 0.244 e. The summed E-state index contributed by atoms with van der Waals surface area (Å²) in [6.07, 6.45) is 0.441. The van der Waals surface area contributed by atoms with Crippen molar-refractivity contribution < 1.29 is 9.66 Å². The third-order valence-corrected chi connectivity index (χ3v) is 2.87. The molecule has 0 fully saturated rings. The first kappa shape index (κ1) is 9.45. The van der Waals surface area contributed by atoms with Crippen LogP contribution in [0.2, 0.25) is 0 Å². The normalized spacial score (nSPS) is 19.6. The van der Waals surface area contributed by atoms with E-state index in [-0.39, 0.29) is 4.92 Å². The highest BCUT2D eigenvalue weighted by Gasteiger charge is 2.31. The molecule has 14 heavy (non-hydrogen) atoms. The zero-order valence-electron chi connectivity index (χ0n) is 7.27. The maximum Gasteiger partial charge on any atom is 0.244 e. The van der Waals surface area contributed by atoms with E-state index in [1.807, 2.05) is 6.07 Å². The molecule has 0 bridgehead atoms. The largest absolute Gasteiger partial charge is 0.492 e. The maximum absolute atomic E-state index is 10.8. The number of nitrogens with zero attached hydrogens (tertiary/aromatic N) is 1. The van der Waals surface area contributed by atoms with Crippen molar-refractivity contribution in [1.82, 2.24) is 0 Å². The van der Waals surface area contributed by atoms with Gasteiger partial charge in [0.25, 0.3) is 0 Å². The van der Waals surface area contributed by atoms with Crippen LogP contribution in [0.3, 0.4) is 0 Å². The highest BCUT2D eigenvalue weighted by molar-refractivity contribution is 9.10. The highest BCUT2D eigenvalue weighted by atomic mass is 79.9. The molecule has 1 aliphatic heterocycles. The fourth-order valence-corrected chi connectivity index (χ4v) is 2.08. The monoisotopic (exact) mass is 257 g/mol. The lowest BCUT2D eigenvalue weighted by Gasteiger charge is -2.21. The Balaban J connectivity index is 2.49. The lowest BCUT2D eigenvalue weighted by Crippen LogP contribution is -2.20. The van der Waals surface area contributed by atoms with E-state index in [4.69, 9.17) is 4.74 Å². The minimum absolute atomic E-state index is 0.256. The summed E-state index contributed by atoms with van der Waals surface area (Å²) in [5.74, 6) is 0.612. The summed E-state index contributed by atoms with van der Waals surface area (Å²) in [5, 5.41) is 10.8. The number of halogens is 1. The second kappa shape index (κ2) is 3.57. The van der Waals surface area contributed by atoms with Crippen LogP contribution in [-0.4, -0.2) is 11.5 Å². The van der Waals surface area contributed by atoms with Crippen LogP contribution in [0.25, 0.3) is 0 Å². The molecule has 0 saturated heterocycles. The van der Waals surface area contributed by atoms with Crippen LogP contribution < -0.4 is 4.74 Å². The van der Waals surface area contributed by atoms with Crippen molar-refractivity contribution in [2.45, 2.75) is 12.5 Å². The van der Waals surface area contributed by atoms with Gasteiger partial charge < -0.3 is 4.74 Å². The minimum Gasteiger partial charge on any atom is -0.492 e. The van der Waals surface area contributed by atoms with E-state index in [1.165, 1.54) is 0 Å². The molecular formula is C9H8BrNO3. The predicted molar refractivity (Wildman–Crippen MR) is 54.0 cm³/mol. The number of fused-ring (bicyclic) bond motifs is 1. The Hall–Kier alpha value is -1.10. The Morgan fingerprint density at radius 2 is 2.36 bits per heavy atom. The van der Waals surface area contributed by atoms with Crippen LogP contribution in [0.4, 0.5) is 0 Å². The van der Waals surface area contributed by atoms with Gasteiger partial charge in [0.1, 0.15) is 5.75 Å². The summed E-state index contributed by atoms with van der Waals surface area (Å²) < 4.78 is 6.16. The van der Waals surface area contributed by atoms with Crippen molar-refractivity contribution in [2.75, 3.05) is 6.61 Å². The zero-order valence-corrected chi connectivity index (χ0v) is 8.86. The van der Waals surface area contributed by atoms with Crippen LogP contribution in [0.15, 0.2) is 22.7 Å². The van der Waals surface area contributed by atoms with E-state index in [0.29, 0.717) is 24.3 Å². The van der Waals surface area contributed by atoms with E-state index < -0.39 is 6.04 Å². The van der Waals surface area contributed by atoms with Crippen LogP contribution >= 0.6 is 15.9 Å². The first-order chi connectivity index (χ1) is 6.70. The molecule has 0 aromatic heterocycles. The molecule has 1 aromatic carbocycles. The molecule has 1 aromatic rings. The molecular weight excluding hydrogens is 250 g/mol. The van der Waals surface area contributed by atoms with E-state index in [1.54, 1.807) is 12.1 Å². The molecule has 1 unspecified atom stereocenters. The van der Waals surface area contributed by atoms with Gasteiger partial charge in [0, 0.05) is 4.92 Å². The molecule has 1 aliphatic rings. The lowest BCUT2D eigenvalue weighted by atomic mass is 10.0. The fraction of sp³-hybridized carbons (Fsp3) is 0.333. The third kappa shape index (κ3) is 1.48.